The summed E-state index contributed by atoms with van der Waals surface area (Å²) in [5, 5.41) is 14.0. The van der Waals surface area contributed by atoms with Gasteiger partial charge >= 0.3 is 0 Å². The standard InChI is InChI=1S/C17H12ClN3O.ClH/c1-22-14-5-3-13(4-6-14)21-17-11(9-19)10-20-16-7-2-12(18)8-15(16)17;/h2-8,10H,1H3,(H,20,21);1H. The van der Waals surface area contributed by atoms with E-state index in [9.17, 15) is 5.26 Å². The second-order valence-corrected chi connectivity index (χ2v) is 5.11. The average Bonchev–Trinajstić information content (AvgIpc) is 2.56. The molecular formula is C17H13Cl2N3O. The molecule has 1 heterocycles. The van der Waals surface area contributed by atoms with Crippen LogP contribution in [0.3, 0.4) is 0 Å². The van der Waals surface area contributed by atoms with Gasteiger partial charge in [0.1, 0.15) is 11.8 Å². The lowest BCUT2D eigenvalue weighted by Gasteiger charge is -2.12. The van der Waals surface area contributed by atoms with Gasteiger partial charge in [-0.15, -0.1) is 12.4 Å². The van der Waals surface area contributed by atoms with Gasteiger partial charge in [-0.2, -0.15) is 5.26 Å². The molecule has 0 atom stereocenters. The molecule has 0 saturated heterocycles. The fraction of sp³-hybridized carbons (Fsp3) is 0.0588. The van der Waals surface area contributed by atoms with Gasteiger partial charge in [0.15, 0.2) is 0 Å². The van der Waals surface area contributed by atoms with Crippen LogP contribution in [0.1, 0.15) is 5.56 Å². The number of hydrogen-bond donors (Lipinski definition) is 1. The summed E-state index contributed by atoms with van der Waals surface area (Å²) in [6.07, 6.45) is 1.56. The van der Waals surface area contributed by atoms with Gasteiger partial charge in [0.25, 0.3) is 0 Å². The first-order valence-corrected chi connectivity index (χ1v) is 6.98. The Kier molecular flexibility index (Phi) is 5.28. The number of aromatic nitrogens is 1. The highest BCUT2D eigenvalue weighted by molar-refractivity contribution is 6.31. The molecule has 6 heteroatoms. The first-order valence-electron chi connectivity index (χ1n) is 6.60. The minimum Gasteiger partial charge on any atom is -0.497 e. The highest BCUT2D eigenvalue weighted by atomic mass is 35.5. The Morgan fingerprint density at radius 3 is 2.57 bits per heavy atom. The largest absolute Gasteiger partial charge is 0.497 e. The Bertz CT molecular complexity index is 873. The lowest BCUT2D eigenvalue weighted by molar-refractivity contribution is 0.415. The molecule has 0 spiro atoms. The zero-order valence-electron chi connectivity index (χ0n) is 12.2. The van der Waals surface area contributed by atoms with Crippen molar-refractivity contribution in [1.29, 1.82) is 5.26 Å². The van der Waals surface area contributed by atoms with Crippen molar-refractivity contribution in [1.82, 2.24) is 4.98 Å². The molecule has 0 aliphatic carbocycles. The van der Waals surface area contributed by atoms with Crippen LogP contribution < -0.4 is 10.1 Å². The van der Waals surface area contributed by atoms with E-state index < -0.39 is 0 Å². The number of benzene rings is 2. The van der Waals surface area contributed by atoms with Crippen LogP contribution in [-0.2, 0) is 0 Å². The predicted molar refractivity (Wildman–Crippen MR) is 95.0 cm³/mol. The van der Waals surface area contributed by atoms with E-state index in [-0.39, 0.29) is 12.4 Å². The molecule has 0 bridgehead atoms. The maximum Gasteiger partial charge on any atom is 0.119 e. The second-order valence-electron chi connectivity index (χ2n) is 4.67. The fourth-order valence-corrected chi connectivity index (χ4v) is 2.38. The van der Waals surface area contributed by atoms with E-state index >= 15 is 0 Å². The summed E-state index contributed by atoms with van der Waals surface area (Å²) >= 11 is 6.07. The molecule has 0 radical (unpaired) electrons. The number of nitrogens with zero attached hydrogens (tertiary/aromatic N) is 2. The number of halogens is 2. The Balaban J connectivity index is 0.00000192. The molecule has 4 nitrogen and oxygen atoms in total. The third kappa shape index (κ3) is 3.48. The minimum atomic E-state index is 0. The van der Waals surface area contributed by atoms with Crippen molar-refractivity contribution in [2.75, 3.05) is 12.4 Å². The van der Waals surface area contributed by atoms with Crippen LogP contribution in [0, 0.1) is 11.3 Å². The van der Waals surface area contributed by atoms with E-state index in [1.807, 2.05) is 30.3 Å². The molecule has 116 valence electrons. The Morgan fingerprint density at radius 2 is 1.91 bits per heavy atom. The summed E-state index contributed by atoms with van der Waals surface area (Å²) in [6, 6.07) is 15.0. The average molecular weight is 346 g/mol. The summed E-state index contributed by atoms with van der Waals surface area (Å²) in [5.41, 5.74) is 2.79. The van der Waals surface area contributed by atoms with Gasteiger partial charge in [-0.05, 0) is 42.5 Å². The topological polar surface area (TPSA) is 57.9 Å². The van der Waals surface area contributed by atoms with Gasteiger partial charge in [0.05, 0.1) is 23.9 Å². The van der Waals surface area contributed by atoms with E-state index in [4.69, 9.17) is 16.3 Å². The van der Waals surface area contributed by atoms with Crippen molar-refractivity contribution >= 4 is 46.3 Å². The number of pyridine rings is 1. The van der Waals surface area contributed by atoms with Crippen LogP contribution >= 0.6 is 24.0 Å². The molecule has 1 aromatic heterocycles. The predicted octanol–water partition coefficient (Wildman–Crippen LogP) is 4.93. The van der Waals surface area contributed by atoms with E-state index in [0.29, 0.717) is 16.3 Å². The third-order valence-corrected chi connectivity index (χ3v) is 3.54. The van der Waals surface area contributed by atoms with Crippen LogP contribution in [0.15, 0.2) is 48.7 Å². The number of rotatable bonds is 3. The molecule has 2 aromatic carbocycles. The first kappa shape index (κ1) is 16.9. The van der Waals surface area contributed by atoms with Gasteiger partial charge < -0.3 is 10.1 Å². The fourth-order valence-electron chi connectivity index (χ4n) is 2.20. The monoisotopic (exact) mass is 345 g/mol. The quantitative estimate of drug-likeness (QED) is 0.730. The number of nitriles is 1. The van der Waals surface area contributed by atoms with Crippen molar-refractivity contribution < 1.29 is 4.74 Å². The number of fused-ring (bicyclic) bond motifs is 1. The Morgan fingerprint density at radius 1 is 1.17 bits per heavy atom. The van der Waals surface area contributed by atoms with E-state index in [2.05, 4.69) is 16.4 Å². The van der Waals surface area contributed by atoms with Gasteiger partial charge in [-0.1, -0.05) is 11.6 Å². The minimum absolute atomic E-state index is 0. The second kappa shape index (κ2) is 7.19. The lowest BCUT2D eigenvalue weighted by Crippen LogP contribution is -1.97. The normalized spacial score (nSPS) is 9.78. The van der Waals surface area contributed by atoms with Crippen molar-refractivity contribution in [3.05, 3.63) is 59.2 Å². The summed E-state index contributed by atoms with van der Waals surface area (Å²) in [5.74, 6) is 0.772. The molecule has 23 heavy (non-hydrogen) atoms. The van der Waals surface area contributed by atoms with Gasteiger partial charge in [0.2, 0.25) is 0 Å². The zero-order valence-corrected chi connectivity index (χ0v) is 13.8. The third-order valence-electron chi connectivity index (χ3n) is 3.31. The SMILES string of the molecule is COc1ccc(Nc2c(C#N)cnc3ccc(Cl)cc23)cc1.Cl. The van der Waals surface area contributed by atoms with Crippen molar-refractivity contribution in [3.63, 3.8) is 0 Å². The Hall–Kier alpha value is -2.48. The first-order chi connectivity index (χ1) is 10.7. The molecule has 0 aliphatic heterocycles. The molecule has 0 fully saturated rings. The van der Waals surface area contributed by atoms with Crippen LogP contribution in [0.25, 0.3) is 10.9 Å². The molecule has 3 rings (SSSR count). The van der Waals surface area contributed by atoms with E-state index in [0.717, 1.165) is 22.3 Å². The molecule has 0 unspecified atom stereocenters. The van der Waals surface area contributed by atoms with Crippen molar-refractivity contribution in [3.8, 4) is 11.8 Å². The number of ether oxygens (including phenoxy) is 1. The highest BCUT2D eigenvalue weighted by Gasteiger charge is 2.10. The van der Waals surface area contributed by atoms with Gasteiger partial charge in [-0.3, -0.25) is 4.98 Å². The number of anilines is 2. The van der Waals surface area contributed by atoms with Crippen LogP contribution in [0.4, 0.5) is 11.4 Å². The van der Waals surface area contributed by atoms with Crippen molar-refractivity contribution in [2.24, 2.45) is 0 Å². The molecule has 0 amide bonds. The summed E-state index contributed by atoms with van der Waals surface area (Å²) in [7, 11) is 1.62. The lowest BCUT2D eigenvalue weighted by atomic mass is 10.1. The summed E-state index contributed by atoms with van der Waals surface area (Å²) < 4.78 is 5.14. The van der Waals surface area contributed by atoms with Crippen LogP contribution in [-0.4, -0.2) is 12.1 Å². The maximum absolute atomic E-state index is 9.32. The smallest absolute Gasteiger partial charge is 0.119 e. The molecule has 1 N–H and O–H groups in total. The Labute approximate surface area is 145 Å². The van der Waals surface area contributed by atoms with Crippen LogP contribution in [0.2, 0.25) is 5.02 Å². The van der Waals surface area contributed by atoms with Gasteiger partial charge in [-0.25, -0.2) is 0 Å². The maximum atomic E-state index is 9.32. The zero-order chi connectivity index (χ0) is 15.5. The molecule has 3 aromatic rings. The number of hydrogen-bond acceptors (Lipinski definition) is 4. The van der Waals surface area contributed by atoms with Crippen molar-refractivity contribution in [2.45, 2.75) is 0 Å². The molecule has 0 aliphatic rings. The highest BCUT2D eigenvalue weighted by Crippen LogP contribution is 2.31. The molecule has 0 saturated carbocycles. The van der Waals surface area contributed by atoms with E-state index in [1.54, 1.807) is 25.4 Å². The van der Waals surface area contributed by atoms with Gasteiger partial charge in [0, 0.05) is 22.3 Å². The summed E-state index contributed by atoms with van der Waals surface area (Å²) in [4.78, 5) is 4.28. The van der Waals surface area contributed by atoms with E-state index in [1.165, 1.54) is 0 Å². The van der Waals surface area contributed by atoms with Crippen LogP contribution in [0.5, 0.6) is 5.75 Å². The molecular weight excluding hydrogens is 333 g/mol. The summed E-state index contributed by atoms with van der Waals surface area (Å²) in [6.45, 7) is 0. The number of methoxy groups -OCH3 is 1. The number of nitrogens with one attached hydrogen (secondary N) is 1.